The number of aromatic nitrogens is 2. The van der Waals surface area contributed by atoms with Crippen molar-refractivity contribution in [2.24, 2.45) is 0 Å². The lowest BCUT2D eigenvalue weighted by atomic mass is 10.2. The van der Waals surface area contributed by atoms with Gasteiger partial charge in [0.05, 0.1) is 0 Å². The predicted octanol–water partition coefficient (Wildman–Crippen LogP) is 1.72. The van der Waals surface area contributed by atoms with Gasteiger partial charge in [-0.2, -0.15) is 18.2 Å². The Morgan fingerprint density at radius 1 is 1.39 bits per heavy atom. The molecular formula is C10H15F3N4O. The van der Waals surface area contributed by atoms with Gasteiger partial charge in [-0.05, 0) is 13.3 Å². The number of hydrogen-bond donors (Lipinski definition) is 3. The highest BCUT2D eigenvalue weighted by molar-refractivity contribution is 5.43. The first kappa shape index (κ1) is 14.5. The van der Waals surface area contributed by atoms with E-state index < -0.39 is 11.9 Å². The summed E-state index contributed by atoms with van der Waals surface area (Å²) in [5.74, 6) is -0.0360. The molecule has 0 amide bonds. The van der Waals surface area contributed by atoms with Crippen molar-refractivity contribution in [2.75, 3.05) is 24.3 Å². The second-order valence-electron chi connectivity index (χ2n) is 3.77. The first-order valence-corrected chi connectivity index (χ1v) is 5.38. The standard InChI is InChI=1S/C10H15F3N4O/c1-6(3-4-18)15-8-5-7(10(11,12)13)16-9(14-2)17-8/h5-6,18H,3-4H2,1-2H3,(H2,14,15,16,17). The van der Waals surface area contributed by atoms with Crippen LogP contribution in [-0.2, 0) is 6.18 Å². The van der Waals surface area contributed by atoms with Crippen LogP contribution in [0.2, 0.25) is 0 Å². The van der Waals surface area contributed by atoms with Gasteiger partial charge in [0.2, 0.25) is 5.95 Å². The summed E-state index contributed by atoms with van der Waals surface area (Å²) < 4.78 is 37.8. The average molecular weight is 264 g/mol. The molecule has 0 bridgehead atoms. The first-order valence-electron chi connectivity index (χ1n) is 5.38. The largest absolute Gasteiger partial charge is 0.433 e. The summed E-state index contributed by atoms with van der Waals surface area (Å²) in [6.45, 7) is 1.69. The average Bonchev–Trinajstić information content (AvgIpc) is 2.27. The van der Waals surface area contributed by atoms with Gasteiger partial charge in [0, 0.05) is 25.8 Å². The fourth-order valence-electron chi connectivity index (χ4n) is 1.30. The summed E-state index contributed by atoms with van der Waals surface area (Å²) in [5.41, 5.74) is -1.01. The molecule has 0 saturated carbocycles. The van der Waals surface area contributed by atoms with Crippen molar-refractivity contribution < 1.29 is 18.3 Å². The van der Waals surface area contributed by atoms with Gasteiger partial charge in [0.15, 0.2) is 5.69 Å². The molecule has 0 saturated heterocycles. The molecule has 18 heavy (non-hydrogen) atoms. The van der Waals surface area contributed by atoms with Gasteiger partial charge in [-0.15, -0.1) is 0 Å². The molecule has 1 aromatic heterocycles. The molecule has 0 aromatic carbocycles. The van der Waals surface area contributed by atoms with Crippen molar-refractivity contribution in [3.63, 3.8) is 0 Å². The quantitative estimate of drug-likeness (QED) is 0.755. The summed E-state index contributed by atoms with van der Waals surface area (Å²) in [5, 5.41) is 14.0. The van der Waals surface area contributed by atoms with Crippen molar-refractivity contribution in [1.82, 2.24) is 9.97 Å². The highest BCUT2D eigenvalue weighted by Crippen LogP contribution is 2.29. The van der Waals surface area contributed by atoms with Crippen molar-refractivity contribution in [2.45, 2.75) is 25.6 Å². The molecule has 8 heteroatoms. The van der Waals surface area contributed by atoms with E-state index in [4.69, 9.17) is 5.11 Å². The van der Waals surface area contributed by atoms with Gasteiger partial charge < -0.3 is 15.7 Å². The third kappa shape index (κ3) is 4.02. The van der Waals surface area contributed by atoms with Crippen LogP contribution >= 0.6 is 0 Å². The number of alkyl halides is 3. The number of hydrogen-bond acceptors (Lipinski definition) is 5. The highest BCUT2D eigenvalue weighted by atomic mass is 19.4. The number of halogens is 3. The van der Waals surface area contributed by atoms with E-state index in [9.17, 15) is 13.2 Å². The van der Waals surface area contributed by atoms with Crippen molar-refractivity contribution in [3.8, 4) is 0 Å². The zero-order chi connectivity index (χ0) is 13.8. The van der Waals surface area contributed by atoms with E-state index in [0.717, 1.165) is 6.07 Å². The number of nitrogens with one attached hydrogen (secondary N) is 2. The lowest BCUT2D eigenvalue weighted by Crippen LogP contribution is -2.19. The van der Waals surface area contributed by atoms with Crippen molar-refractivity contribution >= 4 is 11.8 Å². The van der Waals surface area contributed by atoms with Gasteiger partial charge in [-0.25, -0.2) is 4.98 Å². The van der Waals surface area contributed by atoms with E-state index in [2.05, 4.69) is 20.6 Å². The van der Waals surface area contributed by atoms with Gasteiger partial charge in [-0.1, -0.05) is 0 Å². The summed E-state index contributed by atoms with van der Waals surface area (Å²) >= 11 is 0. The minimum absolute atomic E-state index is 0.0513. The molecule has 1 unspecified atom stereocenters. The minimum atomic E-state index is -4.52. The summed E-state index contributed by atoms with van der Waals surface area (Å²) in [4.78, 5) is 7.21. The molecular weight excluding hydrogens is 249 g/mol. The Kier molecular flexibility index (Phi) is 4.71. The Morgan fingerprint density at radius 3 is 2.56 bits per heavy atom. The summed E-state index contributed by atoms with van der Waals surface area (Å²) in [7, 11) is 1.44. The molecule has 0 aliphatic rings. The van der Waals surface area contributed by atoms with Crippen LogP contribution in [-0.4, -0.2) is 34.8 Å². The third-order valence-electron chi connectivity index (χ3n) is 2.20. The van der Waals surface area contributed by atoms with E-state index in [1.165, 1.54) is 7.05 Å². The van der Waals surface area contributed by atoms with Gasteiger partial charge in [-0.3, -0.25) is 0 Å². The van der Waals surface area contributed by atoms with E-state index in [-0.39, 0.29) is 24.4 Å². The van der Waals surface area contributed by atoms with Crippen LogP contribution in [0.3, 0.4) is 0 Å². The third-order valence-corrected chi connectivity index (χ3v) is 2.20. The van der Waals surface area contributed by atoms with Crippen molar-refractivity contribution in [1.29, 1.82) is 0 Å². The first-order chi connectivity index (χ1) is 8.36. The van der Waals surface area contributed by atoms with E-state index in [0.29, 0.717) is 6.42 Å². The molecule has 1 heterocycles. The Bertz CT molecular complexity index is 397. The smallest absolute Gasteiger partial charge is 0.396 e. The van der Waals surface area contributed by atoms with Crippen LogP contribution < -0.4 is 10.6 Å². The number of aliphatic hydroxyl groups excluding tert-OH is 1. The maximum Gasteiger partial charge on any atom is 0.433 e. The zero-order valence-corrected chi connectivity index (χ0v) is 10.0. The van der Waals surface area contributed by atoms with Crippen LogP contribution in [0, 0.1) is 0 Å². The van der Waals surface area contributed by atoms with Crippen LogP contribution in [0.15, 0.2) is 6.07 Å². The summed E-state index contributed by atoms with van der Waals surface area (Å²) in [6, 6.07) is 0.657. The molecule has 0 radical (unpaired) electrons. The summed E-state index contributed by atoms with van der Waals surface area (Å²) in [6.07, 6.45) is -4.11. The normalized spacial score (nSPS) is 13.2. The monoisotopic (exact) mass is 264 g/mol. The van der Waals surface area contributed by atoms with Crippen LogP contribution in [0.1, 0.15) is 19.0 Å². The predicted molar refractivity (Wildman–Crippen MR) is 61.4 cm³/mol. The second-order valence-corrected chi connectivity index (χ2v) is 3.77. The lowest BCUT2D eigenvalue weighted by Gasteiger charge is -2.15. The topological polar surface area (TPSA) is 70.1 Å². The van der Waals surface area contributed by atoms with Crippen molar-refractivity contribution in [3.05, 3.63) is 11.8 Å². The van der Waals surface area contributed by atoms with Crippen LogP contribution in [0.5, 0.6) is 0 Å². The second kappa shape index (κ2) is 5.85. The number of nitrogens with zero attached hydrogens (tertiary/aromatic N) is 2. The minimum Gasteiger partial charge on any atom is -0.396 e. The molecule has 1 rings (SSSR count). The zero-order valence-electron chi connectivity index (χ0n) is 10.0. The fraction of sp³-hybridized carbons (Fsp3) is 0.600. The van der Waals surface area contributed by atoms with Gasteiger partial charge in [0.25, 0.3) is 0 Å². The Labute approximate surface area is 102 Å². The Hall–Kier alpha value is -1.57. The Balaban J connectivity index is 2.97. The fourth-order valence-corrected chi connectivity index (χ4v) is 1.30. The highest BCUT2D eigenvalue weighted by Gasteiger charge is 2.33. The number of rotatable bonds is 5. The van der Waals surface area contributed by atoms with Gasteiger partial charge in [0.1, 0.15) is 5.82 Å². The SMILES string of the molecule is CNc1nc(NC(C)CCO)cc(C(F)(F)F)n1. The molecule has 1 atom stereocenters. The molecule has 0 fully saturated rings. The number of anilines is 2. The van der Waals surface area contributed by atoms with E-state index in [1.807, 2.05) is 0 Å². The molecule has 0 spiro atoms. The molecule has 102 valence electrons. The molecule has 5 nitrogen and oxygen atoms in total. The van der Waals surface area contributed by atoms with Gasteiger partial charge >= 0.3 is 6.18 Å². The molecule has 0 aliphatic heterocycles. The van der Waals surface area contributed by atoms with Crippen LogP contribution in [0.25, 0.3) is 0 Å². The van der Waals surface area contributed by atoms with Crippen LogP contribution in [0.4, 0.5) is 24.9 Å². The van der Waals surface area contributed by atoms with E-state index >= 15 is 0 Å². The van der Waals surface area contributed by atoms with E-state index in [1.54, 1.807) is 6.92 Å². The maximum atomic E-state index is 12.6. The molecule has 1 aromatic rings. The Morgan fingerprint density at radius 2 is 2.06 bits per heavy atom. The molecule has 0 aliphatic carbocycles. The maximum absolute atomic E-state index is 12.6. The lowest BCUT2D eigenvalue weighted by molar-refractivity contribution is -0.141. The molecule has 3 N–H and O–H groups in total. The number of aliphatic hydroxyl groups is 1.